The normalized spacial score (nSPS) is 25.9. The highest BCUT2D eigenvalue weighted by Crippen LogP contribution is 2.30. The fraction of sp³-hybridized carbons (Fsp3) is 0.800. The Morgan fingerprint density at radius 3 is 2.80 bits per heavy atom. The molecule has 20 heavy (non-hydrogen) atoms. The topological polar surface area (TPSA) is 48.3 Å². The van der Waals surface area contributed by atoms with Crippen LogP contribution in [0.15, 0.2) is 12.4 Å². The van der Waals surface area contributed by atoms with Crippen molar-refractivity contribution in [3.8, 4) is 0 Å². The minimum atomic E-state index is 0.320. The lowest BCUT2D eigenvalue weighted by molar-refractivity contribution is 0.0497. The molecule has 1 aromatic heterocycles. The first kappa shape index (κ1) is 14.0. The van der Waals surface area contributed by atoms with Gasteiger partial charge in [-0.05, 0) is 32.1 Å². The lowest BCUT2D eigenvalue weighted by Gasteiger charge is -2.32. The van der Waals surface area contributed by atoms with Crippen LogP contribution in [-0.4, -0.2) is 42.0 Å². The summed E-state index contributed by atoms with van der Waals surface area (Å²) in [5.41, 5.74) is 0. The molecular formula is C15H25N3O2. The number of nitrogens with one attached hydrogen (secondary N) is 1. The molecule has 3 rings (SSSR count). The summed E-state index contributed by atoms with van der Waals surface area (Å²) in [6.07, 6.45) is 7.32. The molecule has 1 aromatic rings. The molecule has 0 spiro atoms. The Balaban J connectivity index is 1.77. The van der Waals surface area contributed by atoms with E-state index in [0.717, 1.165) is 52.2 Å². The number of aryl methyl sites for hydroxylation is 1. The molecule has 0 amide bonds. The molecule has 0 aromatic carbocycles. The van der Waals surface area contributed by atoms with Gasteiger partial charge in [0.15, 0.2) is 0 Å². The zero-order valence-electron chi connectivity index (χ0n) is 12.3. The van der Waals surface area contributed by atoms with Crippen molar-refractivity contribution in [1.82, 2.24) is 14.9 Å². The van der Waals surface area contributed by atoms with Gasteiger partial charge in [-0.1, -0.05) is 0 Å². The first-order valence-corrected chi connectivity index (χ1v) is 7.81. The van der Waals surface area contributed by atoms with Gasteiger partial charge in [-0.25, -0.2) is 4.98 Å². The summed E-state index contributed by atoms with van der Waals surface area (Å²) in [5, 5.41) is 3.80. The maximum atomic E-state index is 5.51. The zero-order valence-corrected chi connectivity index (χ0v) is 12.3. The fourth-order valence-electron chi connectivity index (χ4n) is 3.26. The van der Waals surface area contributed by atoms with Crippen molar-refractivity contribution in [3.63, 3.8) is 0 Å². The van der Waals surface area contributed by atoms with Gasteiger partial charge in [0.25, 0.3) is 0 Å². The molecule has 0 aliphatic carbocycles. The number of hydrogen-bond acceptors (Lipinski definition) is 4. The number of ether oxygens (including phenoxy) is 2. The minimum absolute atomic E-state index is 0.320. The average molecular weight is 279 g/mol. The van der Waals surface area contributed by atoms with Crippen LogP contribution in [0.25, 0.3) is 0 Å². The van der Waals surface area contributed by atoms with Crippen molar-refractivity contribution in [2.24, 2.45) is 5.92 Å². The van der Waals surface area contributed by atoms with E-state index in [1.165, 1.54) is 5.82 Å². The molecule has 5 heteroatoms. The van der Waals surface area contributed by atoms with E-state index in [1.807, 2.05) is 6.20 Å². The van der Waals surface area contributed by atoms with E-state index >= 15 is 0 Å². The lowest BCUT2D eigenvalue weighted by Crippen LogP contribution is -2.40. The van der Waals surface area contributed by atoms with Crippen molar-refractivity contribution in [2.75, 3.05) is 26.4 Å². The van der Waals surface area contributed by atoms with Gasteiger partial charge in [-0.2, -0.15) is 0 Å². The summed E-state index contributed by atoms with van der Waals surface area (Å²) < 4.78 is 13.3. The van der Waals surface area contributed by atoms with Gasteiger partial charge in [-0.3, -0.25) is 0 Å². The monoisotopic (exact) mass is 279 g/mol. The van der Waals surface area contributed by atoms with Gasteiger partial charge < -0.3 is 19.4 Å². The lowest BCUT2D eigenvalue weighted by atomic mass is 9.90. The second-order valence-corrected chi connectivity index (χ2v) is 5.73. The number of rotatable bonds is 5. The van der Waals surface area contributed by atoms with Crippen molar-refractivity contribution in [1.29, 1.82) is 0 Å². The van der Waals surface area contributed by atoms with E-state index in [-0.39, 0.29) is 0 Å². The highest BCUT2D eigenvalue weighted by molar-refractivity contribution is 5.03. The van der Waals surface area contributed by atoms with Crippen molar-refractivity contribution in [3.05, 3.63) is 18.2 Å². The minimum Gasteiger partial charge on any atom is -0.381 e. The third-order valence-electron chi connectivity index (χ3n) is 4.45. The summed E-state index contributed by atoms with van der Waals surface area (Å²) in [5.74, 6) is 1.78. The van der Waals surface area contributed by atoms with E-state index < -0.39 is 0 Å². The van der Waals surface area contributed by atoms with Gasteiger partial charge in [0, 0.05) is 44.8 Å². The van der Waals surface area contributed by atoms with Crippen LogP contribution in [0.4, 0.5) is 0 Å². The van der Waals surface area contributed by atoms with Crippen LogP contribution in [0.3, 0.4) is 0 Å². The number of nitrogens with zero attached hydrogens (tertiary/aromatic N) is 2. The van der Waals surface area contributed by atoms with Crippen LogP contribution in [0.5, 0.6) is 0 Å². The predicted octanol–water partition coefficient (Wildman–Crippen LogP) is 1.75. The molecule has 2 aliphatic rings. The van der Waals surface area contributed by atoms with Crippen LogP contribution in [0.1, 0.15) is 38.1 Å². The average Bonchev–Trinajstić information content (AvgIpc) is 3.16. The Kier molecular flexibility index (Phi) is 4.70. The largest absolute Gasteiger partial charge is 0.381 e. The highest BCUT2D eigenvalue weighted by atomic mass is 16.5. The van der Waals surface area contributed by atoms with E-state index in [4.69, 9.17) is 9.47 Å². The standard InChI is InChI=1S/C15H25N3O2/c1-2-18-7-6-16-15(18)14(12-3-8-19-9-4-12)17-13-5-10-20-11-13/h6-7,12-14,17H,2-5,8-11H2,1H3. The van der Waals surface area contributed by atoms with E-state index in [0.29, 0.717) is 18.0 Å². The SMILES string of the molecule is CCn1ccnc1C(NC1CCOC1)C1CCOCC1. The molecule has 2 fully saturated rings. The van der Waals surface area contributed by atoms with Crippen LogP contribution in [-0.2, 0) is 16.0 Å². The van der Waals surface area contributed by atoms with Crippen LogP contribution in [0.2, 0.25) is 0 Å². The van der Waals surface area contributed by atoms with Crippen LogP contribution < -0.4 is 5.32 Å². The molecule has 2 atom stereocenters. The first-order valence-electron chi connectivity index (χ1n) is 7.81. The summed E-state index contributed by atoms with van der Waals surface area (Å²) in [6, 6.07) is 0.783. The van der Waals surface area contributed by atoms with E-state index in [1.54, 1.807) is 0 Å². The molecule has 0 bridgehead atoms. The third kappa shape index (κ3) is 3.05. The molecule has 2 unspecified atom stereocenters. The van der Waals surface area contributed by atoms with Gasteiger partial charge >= 0.3 is 0 Å². The number of aromatic nitrogens is 2. The van der Waals surface area contributed by atoms with E-state index in [2.05, 4.69) is 28.0 Å². The predicted molar refractivity (Wildman–Crippen MR) is 76.5 cm³/mol. The summed E-state index contributed by atoms with van der Waals surface area (Å²) in [6.45, 7) is 6.59. The first-order chi connectivity index (χ1) is 9.88. The molecule has 2 saturated heterocycles. The Bertz CT molecular complexity index is 409. The number of hydrogen-bond donors (Lipinski definition) is 1. The molecule has 112 valence electrons. The molecule has 0 saturated carbocycles. The van der Waals surface area contributed by atoms with Gasteiger partial charge in [0.2, 0.25) is 0 Å². The van der Waals surface area contributed by atoms with Crippen molar-refractivity contribution >= 4 is 0 Å². The Morgan fingerprint density at radius 1 is 1.30 bits per heavy atom. The van der Waals surface area contributed by atoms with Crippen LogP contribution in [0, 0.1) is 5.92 Å². The second-order valence-electron chi connectivity index (χ2n) is 5.73. The molecule has 0 radical (unpaired) electrons. The summed E-state index contributed by atoms with van der Waals surface area (Å²) >= 11 is 0. The Labute approximate surface area is 120 Å². The molecular weight excluding hydrogens is 254 g/mol. The van der Waals surface area contributed by atoms with Crippen molar-refractivity contribution < 1.29 is 9.47 Å². The van der Waals surface area contributed by atoms with Gasteiger partial charge in [0.05, 0.1) is 12.6 Å². The smallest absolute Gasteiger partial charge is 0.126 e. The molecule has 3 heterocycles. The van der Waals surface area contributed by atoms with Gasteiger partial charge in [0.1, 0.15) is 5.82 Å². The third-order valence-corrected chi connectivity index (χ3v) is 4.45. The maximum Gasteiger partial charge on any atom is 0.126 e. The highest BCUT2D eigenvalue weighted by Gasteiger charge is 2.31. The quantitative estimate of drug-likeness (QED) is 0.892. The summed E-state index contributed by atoms with van der Waals surface area (Å²) in [7, 11) is 0. The molecule has 1 N–H and O–H groups in total. The second kappa shape index (κ2) is 6.70. The Hall–Kier alpha value is -0.910. The van der Waals surface area contributed by atoms with E-state index in [9.17, 15) is 0 Å². The molecule has 5 nitrogen and oxygen atoms in total. The maximum absolute atomic E-state index is 5.51. The summed E-state index contributed by atoms with van der Waals surface area (Å²) in [4.78, 5) is 4.62. The van der Waals surface area contributed by atoms with Gasteiger partial charge in [-0.15, -0.1) is 0 Å². The fourth-order valence-corrected chi connectivity index (χ4v) is 3.26. The molecule has 2 aliphatic heterocycles. The zero-order chi connectivity index (χ0) is 13.8. The number of imidazole rings is 1. The Morgan fingerprint density at radius 2 is 2.10 bits per heavy atom. The van der Waals surface area contributed by atoms with Crippen molar-refractivity contribution in [2.45, 2.75) is 44.8 Å². The van der Waals surface area contributed by atoms with Crippen LogP contribution >= 0.6 is 0 Å².